The zero-order chi connectivity index (χ0) is 14.8. The third-order valence-corrected chi connectivity index (χ3v) is 2.96. The number of amides is 2. The van der Waals surface area contributed by atoms with Gasteiger partial charge in [-0.2, -0.15) is 0 Å². The van der Waals surface area contributed by atoms with Crippen LogP contribution in [0.5, 0.6) is 0 Å². The molecule has 2 aliphatic heterocycles. The molecule has 1 atom stereocenters. The number of ether oxygens (including phenoxy) is 1. The summed E-state index contributed by atoms with van der Waals surface area (Å²) in [7, 11) is 0. The summed E-state index contributed by atoms with van der Waals surface area (Å²) in [6.07, 6.45) is 3.22. The van der Waals surface area contributed by atoms with E-state index in [-0.39, 0.29) is 12.0 Å². The fraction of sp³-hybridized carbons (Fsp3) is 0.692. The molecule has 0 aliphatic carbocycles. The minimum absolute atomic E-state index is 0.145. The van der Waals surface area contributed by atoms with Crippen molar-refractivity contribution in [1.29, 1.82) is 0 Å². The lowest BCUT2D eigenvalue weighted by molar-refractivity contribution is -0.156. The van der Waals surface area contributed by atoms with Crippen molar-refractivity contribution in [3.63, 3.8) is 0 Å². The number of carbonyl (C=O) groups is 2. The largest absolute Gasteiger partial charge is 0.459 e. The third kappa shape index (κ3) is 3.71. The highest BCUT2D eigenvalue weighted by atomic mass is 16.6. The Kier molecular flexibility index (Phi) is 4.29. The molecule has 7 nitrogen and oxygen atoms in total. The van der Waals surface area contributed by atoms with Gasteiger partial charge in [-0.3, -0.25) is 0 Å². The SMILES string of the molecule is CC(C)(C)OC(=O)C1C=CN(C(=O)N2CCNCC2)N1. The number of carbonyl (C=O) groups excluding carboxylic acids is 2. The molecule has 2 N–H and O–H groups in total. The second-order valence-electron chi connectivity index (χ2n) is 5.87. The Morgan fingerprint density at radius 3 is 2.50 bits per heavy atom. The third-order valence-electron chi connectivity index (χ3n) is 2.96. The molecule has 20 heavy (non-hydrogen) atoms. The van der Waals surface area contributed by atoms with Gasteiger partial charge < -0.3 is 15.0 Å². The summed E-state index contributed by atoms with van der Waals surface area (Å²) in [5, 5.41) is 4.54. The van der Waals surface area contributed by atoms with E-state index < -0.39 is 11.6 Å². The van der Waals surface area contributed by atoms with Crippen LogP contribution in [-0.4, -0.2) is 59.7 Å². The van der Waals surface area contributed by atoms with E-state index in [2.05, 4.69) is 10.7 Å². The lowest BCUT2D eigenvalue weighted by Crippen LogP contribution is -2.54. The number of piperazine rings is 1. The Morgan fingerprint density at radius 2 is 1.90 bits per heavy atom. The molecule has 112 valence electrons. The van der Waals surface area contributed by atoms with Gasteiger partial charge in [0.1, 0.15) is 11.6 Å². The maximum atomic E-state index is 12.2. The number of hydrogen-bond acceptors (Lipinski definition) is 5. The minimum atomic E-state index is -0.610. The summed E-state index contributed by atoms with van der Waals surface area (Å²) in [6, 6.07) is -0.755. The number of urea groups is 1. The van der Waals surface area contributed by atoms with Crippen molar-refractivity contribution >= 4 is 12.0 Å². The van der Waals surface area contributed by atoms with E-state index >= 15 is 0 Å². The fourth-order valence-electron chi connectivity index (χ4n) is 2.03. The second kappa shape index (κ2) is 5.80. The van der Waals surface area contributed by atoms with Crippen molar-refractivity contribution in [2.24, 2.45) is 0 Å². The number of nitrogens with zero attached hydrogens (tertiary/aromatic N) is 2. The smallest absolute Gasteiger partial charge is 0.338 e. The first-order valence-corrected chi connectivity index (χ1v) is 6.83. The van der Waals surface area contributed by atoms with Crippen molar-refractivity contribution in [2.45, 2.75) is 32.4 Å². The van der Waals surface area contributed by atoms with Gasteiger partial charge in [0.15, 0.2) is 0 Å². The molecule has 1 saturated heterocycles. The normalized spacial score (nSPS) is 23.1. The molecule has 7 heteroatoms. The van der Waals surface area contributed by atoms with Gasteiger partial charge in [-0.1, -0.05) is 0 Å². The molecule has 0 aromatic heterocycles. The van der Waals surface area contributed by atoms with Gasteiger partial charge in [0.2, 0.25) is 0 Å². The minimum Gasteiger partial charge on any atom is -0.459 e. The van der Waals surface area contributed by atoms with Crippen molar-refractivity contribution in [2.75, 3.05) is 26.2 Å². The number of nitrogens with one attached hydrogen (secondary N) is 2. The first kappa shape index (κ1) is 14.8. The predicted molar refractivity (Wildman–Crippen MR) is 73.6 cm³/mol. The van der Waals surface area contributed by atoms with Gasteiger partial charge in [0.05, 0.1) is 0 Å². The van der Waals surface area contributed by atoms with E-state index in [1.165, 1.54) is 5.01 Å². The summed E-state index contributed by atoms with van der Waals surface area (Å²) in [5.74, 6) is -0.385. The van der Waals surface area contributed by atoms with Crippen LogP contribution in [0.25, 0.3) is 0 Å². The van der Waals surface area contributed by atoms with E-state index in [0.717, 1.165) is 13.1 Å². The zero-order valence-corrected chi connectivity index (χ0v) is 12.2. The summed E-state index contributed by atoms with van der Waals surface area (Å²) in [6.45, 7) is 8.36. The fourth-order valence-corrected chi connectivity index (χ4v) is 2.03. The molecule has 0 radical (unpaired) electrons. The van der Waals surface area contributed by atoms with Crippen LogP contribution in [0, 0.1) is 0 Å². The topological polar surface area (TPSA) is 73.9 Å². The van der Waals surface area contributed by atoms with Gasteiger partial charge in [0.25, 0.3) is 0 Å². The lowest BCUT2D eigenvalue weighted by Gasteiger charge is -2.31. The predicted octanol–water partition coefficient (Wildman–Crippen LogP) is 0.0558. The molecule has 2 rings (SSSR count). The van der Waals surface area contributed by atoms with Crippen molar-refractivity contribution in [3.05, 3.63) is 12.3 Å². The van der Waals surface area contributed by atoms with Crippen molar-refractivity contribution < 1.29 is 14.3 Å². The standard InChI is InChI=1S/C13H22N4O3/c1-13(2,3)20-11(18)10-4-7-17(15-10)12(19)16-8-5-14-6-9-16/h4,7,10,14-15H,5-6,8-9H2,1-3H3. The molecule has 0 spiro atoms. The van der Waals surface area contributed by atoms with Gasteiger partial charge in [-0.15, -0.1) is 0 Å². The lowest BCUT2D eigenvalue weighted by atomic mass is 10.2. The number of hydrogen-bond donors (Lipinski definition) is 2. The Morgan fingerprint density at radius 1 is 1.25 bits per heavy atom. The van der Waals surface area contributed by atoms with Crippen LogP contribution >= 0.6 is 0 Å². The molecule has 0 aromatic rings. The first-order valence-electron chi connectivity index (χ1n) is 6.83. The van der Waals surface area contributed by atoms with E-state index in [4.69, 9.17) is 4.74 Å². The van der Waals surface area contributed by atoms with Gasteiger partial charge in [-0.05, 0) is 26.8 Å². The monoisotopic (exact) mass is 282 g/mol. The average molecular weight is 282 g/mol. The Hall–Kier alpha value is -1.60. The molecule has 2 heterocycles. The van der Waals surface area contributed by atoms with Gasteiger partial charge in [0, 0.05) is 32.4 Å². The molecule has 0 aromatic carbocycles. The molecule has 0 saturated carbocycles. The quantitative estimate of drug-likeness (QED) is 0.665. The van der Waals surface area contributed by atoms with Crippen LogP contribution in [0.2, 0.25) is 0 Å². The van der Waals surface area contributed by atoms with E-state index in [0.29, 0.717) is 13.1 Å². The van der Waals surface area contributed by atoms with Crippen LogP contribution in [-0.2, 0) is 9.53 Å². The number of rotatable bonds is 1. The molecule has 2 aliphatic rings. The maximum Gasteiger partial charge on any atom is 0.338 e. The van der Waals surface area contributed by atoms with Crippen LogP contribution in [0.4, 0.5) is 4.79 Å². The summed E-state index contributed by atoms with van der Waals surface area (Å²) in [4.78, 5) is 25.9. The molecule has 1 fully saturated rings. The second-order valence-corrected chi connectivity index (χ2v) is 5.87. The van der Waals surface area contributed by atoms with Crippen LogP contribution in [0.3, 0.4) is 0 Å². The molecular formula is C13H22N4O3. The molecular weight excluding hydrogens is 260 g/mol. The van der Waals surface area contributed by atoms with E-state index in [1.807, 2.05) is 20.8 Å². The summed E-state index contributed by atoms with van der Waals surface area (Å²) >= 11 is 0. The number of esters is 1. The van der Waals surface area contributed by atoms with Gasteiger partial charge in [-0.25, -0.2) is 20.0 Å². The van der Waals surface area contributed by atoms with Crippen LogP contribution in [0.1, 0.15) is 20.8 Å². The van der Waals surface area contributed by atoms with Crippen molar-refractivity contribution in [1.82, 2.24) is 20.7 Å². The molecule has 1 unspecified atom stereocenters. The van der Waals surface area contributed by atoms with Crippen LogP contribution in [0.15, 0.2) is 12.3 Å². The molecule has 0 bridgehead atoms. The van der Waals surface area contributed by atoms with Crippen LogP contribution < -0.4 is 10.7 Å². The van der Waals surface area contributed by atoms with E-state index in [1.54, 1.807) is 17.2 Å². The first-order chi connectivity index (χ1) is 9.37. The highest BCUT2D eigenvalue weighted by molar-refractivity contribution is 5.82. The summed E-state index contributed by atoms with van der Waals surface area (Å²) < 4.78 is 5.28. The Labute approximate surface area is 118 Å². The van der Waals surface area contributed by atoms with Gasteiger partial charge >= 0.3 is 12.0 Å². The number of hydrazine groups is 1. The van der Waals surface area contributed by atoms with Crippen molar-refractivity contribution in [3.8, 4) is 0 Å². The maximum absolute atomic E-state index is 12.2. The highest BCUT2D eigenvalue weighted by Gasteiger charge is 2.31. The van der Waals surface area contributed by atoms with E-state index in [9.17, 15) is 9.59 Å². The highest BCUT2D eigenvalue weighted by Crippen LogP contribution is 2.12. The molecule has 2 amide bonds. The Bertz CT molecular complexity index is 410. The zero-order valence-electron chi connectivity index (χ0n) is 12.2. The summed E-state index contributed by atoms with van der Waals surface area (Å²) in [5.41, 5.74) is 2.31. The average Bonchev–Trinajstić information content (AvgIpc) is 2.86. The Balaban J connectivity index is 1.87.